The number of benzene rings is 1. The normalized spacial score (nSPS) is 11.4. The number of rotatable bonds is 3. The van der Waals surface area contributed by atoms with Gasteiger partial charge in [0.25, 0.3) is 0 Å². The van der Waals surface area contributed by atoms with E-state index in [1.165, 1.54) is 5.56 Å². The minimum atomic E-state index is -0.632. The van der Waals surface area contributed by atoms with E-state index in [0.717, 1.165) is 5.69 Å². The summed E-state index contributed by atoms with van der Waals surface area (Å²) in [5, 5.41) is 10.5. The molecule has 0 aliphatic carbocycles. The molecule has 1 aromatic carbocycles. The first-order valence-electron chi connectivity index (χ1n) is 4.62. The van der Waals surface area contributed by atoms with E-state index in [9.17, 15) is 0 Å². The van der Waals surface area contributed by atoms with E-state index in [-0.39, 0.29) is 0 Å². The molecule has 0 unspecified atom stereocenters. The summed E-state index contributed by atoms with van der Waals surface area (Å²) in [5.41, 5.74) is 1.38. The van der Waals surface area contributed by atoms with Crippen LogP contribution in [-0.4, -0.2) is 10.8 Å². The number of isothiocyanates is 1. The van der Waals surface area contributed by atoms with Crippen LogP contribution < -0.4 is 0 Å². The quantitative estimate of drug-likeness (QED) is 0.431. The lowest BCUT2D eigenvalue weighted by atomic mass is 10.2. The van der Waals surface area contributed by atoms with Crippen LogP contribution in [0.5, 0.6) is 0 Å². The third kappa shape index (κ3) is 4.11. The highest BCUT2D eigenvalue weighted by Gasteiger charge is 2.12. The fraction of sp³-hybridized carbons (Fsp3) is 0.364. The first-order chi connectivity index (χ1) is 7.03. The van der Waals surface area contributed by atoms with Crippen LogP contribution >= 0.6 is 12.2 Å². The lowest BCUT2D eigenvalue weighted by molar-refractivity contribution is 0.529. The summed E-state index contributed by atoms with van der Waals surface area (Å²) >= 11 is 4.53. The molecule has 0 bridgehead atoms. The predicted molar refractivity (Wildman–Crippen MR) is 64.8 cm³/mol. The maximum absolute atomic E-state index is 4.53. The topological polar surface area (TPSA) is 37.1 Å². The SMILES string of the molecule is Cc1ccc(N=NC(C)(C)N=C=S)cc1. The van der Waals surface area contributed by atoms with Gasteiger partial charge >= 0.3 is 0 Å². The summed E-state index contributed by atoms with van der Waals surface area (Å²) in [6.45, 7) is 5.68. The second-order valence-corrected chi connectivity index (χ2v) is 3.92. The zero-order valence-corrected chi connectivity index (χ0v) is 9.88. The van der Waals surface area contributed by atoms with E-state index in [4.69, 9.17) is 0 Å². The number of azo groups is 1. The minimum Gasteiger partial charge on any atom is -0.200 e. The number of thiocarbonyl (C=S) groups is 1. The van der Waals surface area contributed by atoms with Gasteiger partial charge in [-0.3, -0.25) is 0 Å². The highest BCUT2D eigenvalue weighted by molar-refractivity contribution is 7.78. The zero-order chi connectivity index (χ0) is 11.3. The largest absolute Gasteiger partial charge is 0.200 e. The molecule has 0 saturated heterocycles. The van der Waals surface area contributed by atoms with Gasteiger partial charge in [0.15, 0.2) is 5.66 Å². The van der Waals surface area contributed by atoms with Crippen molar-refractivity contribution in [3.63, 3.8) is 0 Å². The molecule has 0 radical (unpaired) electrons. The third-order valence-electron chi connectivity index (χ3n) is 1.76. The third-order valence-corrected chi connectivity index (χ3v) is 1.85. The summed E-state index contributed by atoms with van der Waals surface area (Å²) in [4.78, 5) is 3.89. The molecule has 0 atom stereocenters. The molecule has 0 N–H and O–H groups in total. The van der Waals surface area contributed by atoms with Crippen LogP contribution in [0.1, 0.15) is 19.4 Å². The molecule has 0 aromatic heterocycles. The van der Waals surface area contributed by atoms with Gasteiger partial charge in [-0.1, -0.05) is 17.7 Å². The Hall–Kier alpha value is -1.38. The molecule has 15 heavy (non-hydrogen) atoms. The van der Waals surface area contributed by atoms with E-state index in [1.54, 1.807) is 0 Å². The standard InChI is InChI=1S/C11H13N3S/c1-9-4-6-10(7-5-9)13-14-11(2,3)12-8-15/h4-7H,1-3H3. The number of aliphatic imine (C=N–C) groups is 1. The van der Waals surface area contributed by atoms with Crippen molar-refractivity contribution in [1.29, 1.82) is 0 Å². The molecular weight excluding hydrogens is 206 g/mol. The van der Waals surface area contributed by atoms with Crippen LogP contribution in [0.4, 0.5) is 5.69 Å². The lowest BCUT2D eigenvalue weighted by Crippen LogP contribution is -2.10. The molecule has 78 valence electrons. The molecule has 0 spiro atoms. The Kier molecular flexibility index (Phi) is 3.83. The maximum atomic E-state index is 4.53. The van der Waals surface area contributed by atoms with E-state index >= 15 is 0 Å². The molecule has 0 aliphatic heterocycles. The van der Waals surface area contributed by atoms with Gasteiger partial charge in [0.1, 0.15) is 0 Å². The summed E-state index contributed by atoms with van der Waals surface area (Å²) in [5.74, 6) is 0. The molecular formula is C11H13N3S. The van der Waals surface area contributed by atoms with Crippen LogP contribution in [0.15, 0.2) is 39.5 Å². The first kappa shape index (κ1) is 11.7. The van der Waals surface area contributed by atoms with Gasteiger partial charge in [-0.15, -0.1) is 0 Å². The number of aryl methyl sites for hydroxylation is 1. The Balaban J connectivity index is 2.81. The van der Waals surface area contributed by atoms with Crippen LogP contribution in [0.2, 0.25) is 0 Å². The zero-order valence-electron chi connectivity index (χ0n) is 9.06. The van der Waals surface area contributed by atoms with Gasteiger partial charge < -0.3 is 0 Å². The molecule has 1 aromatic rings. The second kappa shape index (κ2) is 4.91. The Morgan fingerprint density at radius 3 is 2.33 bits per heavy atom. The van der Waals surface area contributed by atoms with Crippen LogP contribution in [0, 0.1) is 6.92 Å². The fourth-order valence-corrected chi connectivity index (χ4v) is 1.15. The Morgan fingerprint density at radius 2 is 1.80 bits per heavy atom. The van der Waals surface area contributed by atoms with Gasteiger partial charge in [-0.05, 0) is 45.1 Å². The highest BCUT2D eigenvalue weighted by Crippen LogP contribution is 2.17. The first-order valence-corrected chi connectivity index (χ1v) is 5.03. The monoisotopic (exact) mass is 219 g/mol. The second-order valence-electron chi connectivity index (χ2n) is 3.73. The van der Waals surface area contributed by atoms with Crippen molar-refractivity contribution in [2.45, 2.75) is 26.4 Å². The summed E-state index contributed by atoms with van der Waals surface area (Å²) in [7, 11) is 0. The Bertz CT molecular complexity index is 400. The minimum absolute atomic E-state index is 0.632. The summed E-state index contributed by atoms with van der Waals surface area (Å²) in [6, 6.07) is 7.81. The molecule has 3 nitrogen and oxygen atoms in total. The molecule has 4 heteroatoms. The molecule has 0 saturated carbocycles. The van der Waals surface area contributed by atoms with Crippen LogP contribution in [-0.2, 0) is 0 Å². The molecule has 0 fully saturated rings. The average Bonchev–Trinajstić information content (AvgIpc) is 2.17. The molecule has 0 heterocycles. The smallest absolute Gasteiger partial charge is 0.175 e. The van der Waals surface area contributed by atoms with Crippen molar-refractivity contribution in [3.8, 4) is 0 Å². The predicted octanol–water partition coefficient (Wildman–Crippen LogP) is 3.92. The van der Waals surface area contributed by atoms with Gasteiger partial charge in [0.05, 0.1) is 10.8 Å². The average molecular weight is 219 g/mol. The molecule has 0 amide bonds. The van der Waals surface area contributed by atoms with Gasteiger partial charge in [0.2, 0.25) is 0 Å². The molecule has 1 rings (SSSR count). The fourth-order valence-electron chi connectivity index (χ4n) is 0.926. The number of nitrogens with zero attached hydrogens (tertiary/aromatic N) is 3. The lowest BCUT2D eigenvalue weighted by Gasteiger charge is -2.08. The summed E-state index contributed by atoms with van der Waals surface area (Å²) < 4.78 is 0. The van der Waals surface area contributed by atoms with Crippen molar-refractivity contribution >= 4 is 23.1 Å². The Morgan fingerprint density at radius 1 is 1.20 bits per heavy atom. The van der Waals surface area contributed by atoms with Gasteiger partial charge in [-0.25, -0.2) is 4.99 Å². The van der Waals surface area contributed by atoms with Crippen LogP contribution in [0.3, 0.4) is 0 Å². The van der Waals surface area contributed by atoms with Crippen molar-refractivity contribution in [2.75, 3.05) is 0 Å². The van der Waals surface area contributed by atoms with E-state index in [2.05, 4.69) is 32.6 Å². The van der Waals surface area contributed by atoms with Crippen molar-refractivity contribution in [1.82, 2.24) is 0 Å². The van der Waals surface area contributed by atoms with Crippen molar-refractivity contribution in [3.05, 3.63) is 29.8 Å². The number of hydrogen-bond acceptors (Lipinski definition) is 4. The van der Waals surface area contributed by atoms with Crippen LogP contribution in [0.25, 0.3) is 0 Å². The van der Waals surface area contributed by atoms with E-state index < -0.39 is 5.66 Å². The van der Waals surface area contributed by atoms with Crippen molar-refractivity contribution in [2.24, 2.45) is 15.2 Å². The highest BCUT2D eigenvalue weighted by atomic mass is 32.1. The Labute approximate surface area is 95.0 Å². The van der Waals surface area contributed by atoms with E-state index in [1.807, 2.05) is 45.0 Å². The van der Waals surface area contributed by atoms with Gasteiger partial charge in [-0.2, -0.15) is 10.2 Å². The van der Waals surface area contributed by atoms with E-state index in [0.29, 0.717) is 0 Å². The summed E-state index contributed by atoms with van der Waals surface area (Å²) in [6.07, 6.45) is 0. The number of hydrogen-bond donors (Lipinski definition) is 0. The molecule has 0 aliphatic rings. The van der Waals surface area contributed by atoms with Crippen molar-refractivity contribution < 1.29 is 0 Å². The van der Waals surface area contributed by atoms with Gasteiger partial charge in [0, 0.05) is 0 Å². The maximum Gasteiger partial charge on any atom is 0.175 e.